The highest BCUT2D eigenvalue weighted by Gasteiger charge is 2.15. The molecule has 1 heterocycles. The smallest absolute Gasteiger partial charge is 0.240 e. The Morgan fingerprint density at radius 1 is 1.14 bits per heavy atom. The van der Waals surface area contributed by atoms with Gasteiger partial charge in [-0.3, -0.25) is 9.69 Å². The summed E-state index contributed by atoms with van der Waals surface area (Å²) in [6, 6.07) is 5.93. The molecule has 0 atom stereocenters. The maximum Gasteiger partial charge on any atom is 0.240 e. The Kier molecular flexibility index (Phi) is 6.19. The second-order valence-corrected chi connectivity index (χ2v) is 7.39. The minimum absolute atomic E-state index is 0.0763. The summed E-state index contributed by atoms with van der Waals surface area (Å²) in [6.45, 7) is 2.70. The van der Waals surface area contributed by atoms with Crippen molar-refractivity contribution in [1.82, 2.24) is 14.9 Å². The molecule has 0 saturated carbocycles. The van der Waals surface area contributed by atoms with Gasteiger partial charge in [0.1, 0.15) is 0 Å². The number of amides is 1. The topological polar surface area (TPSA) is 78.5 Å². The van der Waals surface area contributed by atoms with Gasteiger partial charge in [-0.15, -0.1) is 0 Å². The van der Waals surface area contributed by atoms with Crippen LogP contribution in [0.5, 0.6) is 0 Å². The zero-order valence-electron chi connectivity index (χ0n) is 12.2. The number of carbonyl (C=O) groups excluding carboxylic acids is 1. The average Bonchev–Trinajstić information content (AvgIpc) is 2.97. The fraction of sp³-hybridized carbons (Fsp3) is 0.500. The first kappa shape index (κ1) is 17.2. The van der Waals surface area contributed by atoms with E-state index in [2.05, 4.69) is 14.9 Å². The summed E-state index contributed by atoms with van der Waals surface area (Å²) < 4.78 is 26.4. The van der Waals surface area contributed by atoms with Crippen LogP contribution in [0.25, 0.3) is 0 Å². The Labute approximate surface area is 135 Å². The largest absolute Gasteiger partial charge is 0.354 e. The van der Waals surface area contributed by atoms with Crippen LogP contribution < -0.4 is 10.0 Å². The maximum atomic E-state index is 12.0. The molecule has 0 bridgehead atoms. The monoisotopic (exact) mass is 345 g/mol. The molecule has 0 radical (unpaired) electrons. The molecule has 122 valence electrons. The number of halogens is 1. The van der Waals surface area contributed by atoms with Crippen molar-refractivity contribution in [3.8, 4) is 0 Å². The van der Waals surface area contributed by atoms with Gasteiger partial charge in [-0.2, -0.15) is 0 Å². The molecule has 0 unspecified atom stereocenters. The van der Waals surface area contributed by atoms with Gasteiger partial charge in [0.15, 0.2) is 0 Å². The van der Waals surface area contributed by atoms with Gasteiger partial charge in [0.25, 0.3) is 0 Å². The van der Waals surface area contributed by atoms with Crippen LogP contribution >= 0.6 is 11.6 Å². The number of likely N-dealkylation sites (tertiary alicyclic amines) is 1. The molecule has 1 aromatic carbocycles. The van der Waals surface area contributed by atoms with E-state index < -0.39 is 10.0 Å². The Morgan fingerprint density at radius 3 is 2.41 bits per heavy atom. The predicted octanol–water partition coefficient (Wildman–Crippen LogP) is 0.830. The molecule has 6 nitrogen and oxygen atoms in total. The van der Waals surface area contributed by atoms with E-state index in [4.69, 9.17) is 11.6 Å². The van der Waals surface area contributed by atoms with Gasteiger partial charge in [-0.1, -0.05) is 11.6 Å². The number of nitrogens with zero attached hydrogens (tertiary/aromatic N) is 1. The molecular formula is C14H20ClN3O3S. The van der Waals surface area contributed by atoms with E-state index in [1.54, 1.807) is 0 Å². The highest BCUT2D eigenvalue weighted by atomic mass is 35.5. The molecule has 1 fully saturated rings. The van der Waals surface area contributed by atoms with E-state index >= 15 is 0 Å². The lowest BCUT2D eigenvalue weighted by Gasteiger charge is -2.14. The number of benzene rings is 1. The van der Waals surface area contributed by atoms with Crippen LogP contribution in [-0.4, -0.2) is 51.9 Å². The van der Waals surface area contributed by atoms with Crippen LogP contribution in [0.4, 0.5) is 0 Å². The zero-order valence-corrected chi connectivity index (χ0v) is 13.8. The molecule has 0 aliphatic carbocycles. The van der Waals surface area contributed by atoms with Crippen LogP contribution in [0.15, 0.2) is 29.2 Å². The molecule has 1 aliphatic heterocycles. The van der Waals surface area contributed by atoms with Crippen molar-refractivity contribution in [2.24, 2.45) is 0 Å². The summed E-state index contributed by atoms with van der Waals surface area (Å²) in [6.07, 6.45) is 2.27. The molecular weight excluding hydrogens is 326 g/mol. The first-order valence-electron chi connectivity index (χ1n) is 7.22. The Bertz CT molecular complexity index is 598. The van der Waals surface area contributed by atoms with Crippen LogP contribution in [0, 0.1) is 0 Å². The van der Waals surface area contributed by atoms with Gasteiger partial charge in [-0.05, 0) is 50.2 Å². The van der Waals surface area contributed by atoms with E-state index in [-0.39, 0.29) is 23.9 Å². The van der Waals surface area contributed by atoms with Crippen LogP contribution in [-0.2, 0) is 14.8 Å². The highest BCUT2D eigenvalue weighted by Crippen LogP contribution is 2.13. The van der Waals surface area contributed by atoms with Crippen LogP contribution in [0.2, 0.25) is 5.02 Å². The molecule has 22 heavy (non-hydrogen) atoms. The number of sulfonamides is 1. The number of hydrogen-bond acceptors (Lipinski definition) is 4. The van der Waals surface area contributed by atoms with Crippen molar-refractivity contribution in [3.05, 3.63) is 29.3 Å². The molecule has 0 spiro atoms. The molecule has 1 aromatic rings. The molecule has 0 aromatic heterocycles. The van der Waals surface area contributed by atoms with Crippen molar-refractivity contribution in [2.75, 3.05) is 32.7 Å². The second-order valence-electron chi connectivity index (χ2n) is 5.18. The van der Waals surface area contributed by atoms with E-state index in [1.807, 2.05) is 0 Å². The minimum Gasteiger partial charge on any atom is -0.354 e. The lowest BCUT2D eigenvalue weighted by molar-refractivity contribution is -0.121. The molecule has 1 amide bonds. The summed E-state index contributed by atoms with van der Waals surface area (Å²) >= 11 is 5.73. The first-order valence-corrected chi connectivity index (χ1v) is 9.08. The first-order chi connectivity index (χ1) is 10.5. The number of nitrogens with one attached hydrogen (secondary N) is 2. The van der Waals surface area contributed by atoms with Crippen molar-refractivity contribution in [1.29, 1.82) is 0 Å². The third-order valence-corrected chi connectivity index (χ3v) is 5.16. The quantitative estimate of drug-likeness (QED) is 0.717. The normalized spacial score (nSPS) is 15.9. The summed E-state index contributed by atoms with van der Waals surface area (Å²) in [5.74, 6) is -0.0763. The van der Waals surface area contributed by atoms with Crippen molar-refractivity contribution >= 4 is 27.5 Å². The lowest BCUT2D eigenvalue weighted by Crippen LogP contribution is -2.39. The number of rotatable bonds is 7. The zero-order chi connectivity index (χ0) is 16.0. The van der Waals surface area contributed by atoms with Gasteiger partial charge < -0.3 is 5.32 Å². The summed E-state index contributed by atoms with van der Waals surface area (Å²) in [5.41, 5.74) is 0. The van der Waals surface area contributed by atoms with Gasteiger partial charge >= 0.3 is 0 Å². The maximum absolute atomic E-state index is 12.0. The third kappa shape index (κ3) is 5.24. The summed E-state index contributed by atoms with van der Waals surface area (Å²) in [5, 5.41) is 3.19. The van der Waals surface area contributed by atoms with E-state index in [9.17, 15) is 13.2 Å². The Balaban J connectivity index is 1.71. The average molecular weight is 346 g/mol. The fourth-order valence-corrected chi connectivity index (χ4v) is 3.44. The van der Waals surface area contributed by atoms with Crippen molar-refractivity contribution in [3.63, 3.8) is 0 Å². The molecule has 1 saturated heterocycles. The predicted molar refractivity (Wildman–Crippen MR) is 85.3 cm³/mol. The minimum atomic E-state index is -3.57. The van der Waals surface area contributed by atoms with Crippen LogP contribution in [0.3, 0.4) is 0 Å². The standard InChI is InChI=1S/C14H20ClN3O3S/c15-12-3-5-13(6-4-12)22(20,21)17-8-7-16-14(19)11-18-9-1-2-10-18/h3-6,17H,1-2,7-11H2,(H,16,19). The van der Waals surface area contributed by atoms with E-state index in [0.29, 0.717) is 11.6 Å². The van der Waals surface area contributed by atoms with Crippen LogP contribution in [0.1, 0.15) is 12.8 Å². The highest BCUT2D eigenvalue weighted by molar-refractivity contribution is 7.89. The van der Waals surface area contributed by atoms with Crippen molar-refractivity contribution in [2.45, 2.75) is 17.7 Å². The second kappa shape index (κ2) is 7.92. The third-order valence-electron chi connectivity index (χ3n) is 3.43. The molecule has 2 N–H and O–H groups in total. The van der Waals surface area contributed by atoms with Gasteiger partial charge in [0, 0.05) is 18.1 Å². The van der Waals surface area contributed by atoms with Gasteiger partial charge in [0.05, 0.1) is 11.4 Å². The summed E-state index contributed by atoms with van der Waals surface area (Å²) in [4.78, 5) is 13.9. The lowest BCUT2D eigenvalue weighted by atomic mass is 10.4. The van der Waals surface area contributed by atoms with Gasteiger partial charge in [-0.25, -0.2) is 13.1 Å². The SMILES string of the molecule is O=C(CN1CCCC1)NCCNS(=O)(=O)c1ccc(Cl)cc1. The number of hydrogen-bond donors (Lipinski definition) is 2. The van der Waals surface area contributed by atoms with Gasteiger partial charge in [0.2, 0.25) is 15.9 Å². The molecule has 2 rings (SSSR count). The number of carbonyl (C=O) groups is 1. The Hall–Kier alpha value is -1.15. The Morgan fingerprint density at radius 2 is 1.77 bits per heavy atom. The van der Waals surface area contributed by atoms with E-state index in [1.165, 1.54) is 24.3 Å². The van der Waals surface area contributed by atoms with Crippen molar-refractivity contribution < 1.29 is 13.2 Å². The molecule has 1 aliphatic rings. The summed E-state index contributed by atoms with van der Waals surface area (Å²) in [7, 11) is -3.57. The fourth-order valence-electron chi connectivity index (χ4n) is 2.28. The molecule has 8 heteroatoms. The van der Waals surface area contributed by atoms with E-state index in [0.717, 1.165) is 25.9 Å².